The van der Waals surface area contributed by atoms with Crippen LogP contribution < -0.4 is 0 Å². The van der Waals surface area contributed by atoms with Crippen LogP contribution >= 0.6 is 0 Å². The van der Waals surface area contributed by atoms with E-state index in [2.05, 4.69) is 39.1 Å². The zero-order chi connectivity index (χ0) is 21.1. The first-order valence-corrected chi connectivity index (χ1v) is 10.7. The topological polar surface area (TPSA) is 63.9 Å². The highest BCUT2D eigenvalue weighted by Gasteiger charge is 2.33. The molecule has 30 heavy (non-hydrogen) atoms. The zero-order valence-electron chi connectivity index (χ0n) is 18.0. The molecule has 2 aromatic heterocycles. The van der Waals surface area contributed by atoms with Crippen LogP contribution in [0.25, 0.3) is 5.69 Å². The molecule has 0 N–H and O–H groups in total. The predicted octanol–water partition coefficient (Wildman–Crippen LogP) is 4.15. The van der Waals surface area contributed by atoms with Gasteiger partial charge in [0.1, 0.15) is 0 Å². The first kappa shape index (κ1) is 20.3. The maximum absolute atomic E-state index is 13.7. The van der Waals surface area contributed by atoms with Crippen molar-refractivity contribution in [2.75, 3.05) is 6.54 Å². The quantitative estimate of drug-likeness (QED) is 0.642. The monoisotopic (exact) mass is 403 g/mol. The van der Waals surface area contributed by atoms with E-state index < -0.39 is 0 Å². The van der Waals surface area contributed by atoms with Gasteiger partial charge in [-0.05, 0) is 69.7 Å². The second-order valence-electron chi connectivity index (χ2n) is 8.33. The predicted molar refractivity (Wildman–Crippen MR) is 117 cm³/mol. The number of carbonyl (C=O) groups excluding carboxylic acids is 1. The standard InChI is InChI=1S/C24H29N5O/c1-17-9-11-23(29-25-13-14-26-29)21(16-17)24(30)28-15-5-6-18(2)22(28)12-10-20-8-4-7-19(3)27-20/h4,7-9,11,13-14,16,18,22H,5-6,10,12,15H2,1-3H3/t18-,22-/m1/s1. The van der Waals surface area contributed by atoms with Crippen molar-refractivity contribution in [1.29, 1.82) is 0 Å². The number of benzene rings is 1. The van der Waals surface area contributed by atoms with E-state index in [0.29, 0.717) is 11.5 Å². The molecular formula is C24H29N5O. The number of likely N-dealkylation sites (tertiary alicyclic amines) is 1. The Hall–Kier alpha value is -3.02. The maximum Gasteiger partial charge on any atom is 0.256 e. The normalized spacial score (nSPS) is 19.1. The highest BCUT2D eigenvalue weighted by molar-refractivity contribution is 5.98. The highest BCUT2D eigenvalue weighted by Crippen LogP contribution is 2.29. The second kappa shape index (κ2) is 8.78. The number of aromatic nitrogens is 4. The zero-order valence-corrected chi connectivity index (χ0v) is 18.0. The molecule has 1 aliphatic rings. The average molecular weight is 404 g/mol. The summed E-state index contributed by atoms with van der Waals surface area (Å²) in [5.41, 5.74) is 4.58. The number of piperidine rings is 1. The van der Waals surface area contributed by atoms with Crippen LogP contribution in [0.1, 0.15) is 53.5 Å². The molecule has 1 fully saturated rings. The van der Waals surface area contributed by atoms with Gasteiger partial charge in [0.2, 0.25) is 0 Å². The van der Waals surface area contributed by atoms with Crippen LogP contribution in [0, 0.1) is 19.8 Å². The lowest BCUT2D eigenvalue weighted by atomic mass is 9.86. The molecule has 2 atom stereocenters. The van der Waals surface area contributed by atoms with Crippen molar-refractivity contribution in [3.63, 3.8) is 0 Å². The summed E-state index contributed by atoms with van der Waals surface area (Å²) < 4.78 is 0. The number of rotatable bonds is 5. The molecule has 1 aliphatic heterocycles. The first-order chi connectivity index (χ1) is 14.5. The lowest BCUT2D eigenvalue weighted by Gasteiger charge is -2.40. The molecule has 6 heteroatoms. The summed E-state index contributed by atoms with van der Waals surface area (Å²) in [5, 5.41) is 8.50. The molecule has 0 unspecified atom stereocenters. The molecule has 3 heterocycles. The van der Waals surface area contributed by atoms with Gasteiger partial charge in [-0.25, -0.2) is 0 Å². The number of nitrogens with zero attached hydrogens (tertiary/aromatic N) is 5. The minimum absolute atomic E-state index is 0.0692. The summed E-state index contributed by atoms with van der Waals surface area (Å²) in [6.45, 7) is 7.08. The Morgan fingerprint density at radius 1 is 1.13 bits per heavy atom. The first-order valence-electron chi connectivity index (χ1n) is 10.7. The molecule has 0 saturated carbocycles. The van der Waals surface area contributed by atoms with Gasteiger partial charge >= 0.3 is 0 Å². The Kier molecular flexibility index (Phi) is 5.93. The SMILES string of the molecule is Cc1ccc(-n2nccn2)c(C(=O)N2CCC[C@@H](C)[C@H]2CCc2cccc(C)n2)c1. The van der Waals surface area contributed by atoms with E-state index in [1.165, 1.54) is 4.80 Å². The van der Waals surface area contributed by atoms with Gasteiger partial charge in [-0.15, -0.1) is 0 Å². The van der Waals surface area contributed by atoms with E-state index in [-0.39, 0.29) is 11.9 Å². The van der Waals surface area contributed by atoms with Gasteiger partial charge in [-0.1, -0.05) is 24.6 Å². The molecule has 156 valence electrons. The highest BCUT2D eigenvalue weighted by atomic mass is 16.2. The van der Waals surface area contributed by atoms with E-state index in [1.54, 1.807) is 12.4 Å². The molecule has 0 spiro atoms. The fourth-order valence-corrected chi connectivity index (χ4v) is 4.47. The minimum Gasteiger partial charge on any atom is -0.335 e. The van der Waals surface area contributed by atoms with Crippen molar-refractivity contribution in [2.45, 2.75) is 52.5 Å². The molecule has 0 aliphatic carbocycles. The van der Waals surface area contributed by atoms with E-state index in [4.69, 9.17) is 0 Å². The van der Waals surface area contributed by atoms with Gasteiger partial charge in [0.15, 0.2) is 0 Å². The van der Waals surface area contributed by atoms with E-state index >= 15 is 0 Å². The molecule has 1 aromatic carbocycles. The van der Waals surface area contributed by atoms with Crippen molar-refractivity contribution >= 4 is 5.91 Å². The summed E-state index contributed by atoms with van der Waals surface area (Å²) in [5.74, 6) is 0.531. The van der Waals surface area contributed by atoms with Crippen LogP contribution in [0.3, 0.4) is 0 Å². The molecule has 1 amide bonds. The molecule has 6 nitrogen and oxygen atoms in total. The van der Waals surface area contributed by atoms with Crippen LogP contribution in [0.15, 0.2) is 48.8 Å². The van der Waals surface area contributed by atoms with E-state index in [1.807, 2.05) is 38.1 Å². The van der Waals surface area contributed by atoms with Gasteiger partial charge < -0.3 is 4.90 Å². The average Bonchev–Trinajstić information content (AvgIpc) is 3.27. The molecule has 3 aromatic rings. The maximum atomic E-state index is 13.7. The van der Waals surface area contributed by atoms with Crippen molar-refractivity contribution in [3.8, 4) is 5.69 Å². The van der Waals surface area contributed by atoms with Crippen LogP contribution in [0.5, 0.6) is 0 Å². The Bertz CT molecular complexity index is 1010. The Labute approximate surface area is 177 Å². The van der Waals surface area contributed by atoms with Crippen LogP contribution in [-0.2, 0) is 6.42 Å². The summed E-state index contributed by atoms with van der Waals surface area (Å²) >= 11 is 0. The van der Waals surface area contributed by atoms with Crippen molar-refractivity contribution in [3.05, 3.63) is 71.3 Å². The molecule has 0 bridgehead atoms. The molecule has 4 rings (SSSR count). The number of amides is 1. The van der Waals surface area contributed by atoms with E-state index in [9.17, 15) is 4.79 Å². The number of carbonyl (C=O) groups is 1. The van der Waals surface area contributed by atoms with Gasteiger partial charge in [-0.2, -0.15) is 15.0 Å². The third-order valence-electron chi connectivity index (χ3n) is 6.04. The fourth-order valence-electron chi connectivity index (χ4n) is 4.47. The second-order valence-corrected chi connectivity index (χ2v) is 8.33. The number of hydrogen-bond donors (Lipinski definition) is 0. The van der Waals surface area contributed by atoms with Gasteiger partial charge in [0.05, 0.1) is 23.6 Å². The van der Waals surface area contributed by atoms with Crippen molar-refractivity contribution < 1.29 is 4.79 Å². The third-order valence-corrected chi connectivity index (χ3v) is 6.04. The number of hydrogen-bond acceptors (Lipinski definition) is 4. The molecule has 1 saturated heterocycles. The summed E-state index contributed by atoms with van der Waals surface area (Å²) in [6.07, 6.45) is 7.25. The fraction of sp³-hybridized carbons (Fsp3) is 0.417. The number of aryl methyl sites for hydroxylation is 3. The van der Waals surface area contributed by atoms with Crippen molar-refractivity contribution in [2.24, 2.45) is 5.92 Å². The lowest BCUT2D eigenvalue weighted by molar-refractivity contribution is 0.0498. The van der Waals surface area contributed by atoms with Gasteiger partial charge in [-0.3, -0.25) is 9.78 Å². The Morgan fingerprint density at radius 3 is 2.70 bits per heavy atom. The number of pyridine rings is 1. The summed E-state index contributed by atoms with van der Waals surface area (Å²) in [6, 6.07) is 12.2. The summed E-state index contributed by atoms with van der Waals surface area (Å²) in [7, 11) is 0. The third kappa shape index (κ3) is 4.27. The van der Waals surface area contributed by atoms with Gasteiger partial charge in [0.25, 0.3) is 5.91 Å². The van der Waals surface area contributed by atoms with Crippen molar-refractivity contribution in [1.82, 2.24) is 24.9 Å². The van der Waals surface area contributed by atoms with Crippen LogP contribution in [-0.4, -0.2) is 43.4 Å². The molecule has 0 radical (unpaired) electrons. The van der Waals surface area contributed by atoms with Gasteiger partial charge in [0, 0.05) is 24.0 Å². The Morgan fingerprint density at radius 2 is 1.93 bits per heavy atom. The van der Waals surface area contributed by atoms with Crippen LogP contribution in [0.4, 0.5) is 0 Å². The smallest absolute Gasteiger partial charge is 0.256 e. The van der Waals surface area contributed by atoms with E-state index in [0.717, 1.165) is 54.9 Å². The lowest BCUT2D eigenvalue weighted by Crippen LogP contribution is -2.48. The summed E-state index contributed by atoms with van der Waals surface area (Å²) in [4.78, 5) is 22.0. The Balaban J connectivity index is 1.61. The largest absolute Gasteiger partial charge is 0.335 e. The van der Waals surface area contributed by atoms with Crippen LogP contribution in [0.2, 0.25) is 0 Å². The minimum atomic E-state index is 0.0692. The molecular weight excluding hydrogens is 374 g/mol.